The van der Waals surface area contributed by atoms with Gasteiger partial charge in [-0.3, -0.25) is 9.59 Å². The van der Waals surface area contributed by atoms with Crippen molar-refractivity contribution >= 4 is 34.5 Å². The van der Waals surface area contributed by atoms with Crippen LogP contribution in [0.15, 0.2) is 53.9 Å². The lowest BCUT2D eigenvalue weighted by molar-refractivity contribution is -0.117. The standard InChI is InChI=1S/C21H18FN3O2S/c22-15-4-1-3-14(11-15)21-24-17(13-28-21)12-19(26)23-16-6-8-18(9-7-16)25-10-2-5-20(25)27/h1,3-4,6-9,11,13H,2,5,10,12H2,(H,23,26). The van der Waals surface area contributed by atoms with Crippen molar-refractivity contribution in [2.24, 2.45) is 0 Å². The van der Waals surface area contributed by atoms with E-state index in [-0.39, 0.29) is 24.1 Å². The Kier molecular flexibility index (Phi) is 5.16. The Hall–Kier alpha value is -3.06. The van der Waals surface area contributed by atoms with Gasteiger partial charge in [0.15, 0.2) is 0 Å². The Bertz CT molecular complexity index is 1020. The quantitative estimate of drug-likeness (QED) is 0.702. The zero-order valence-electron chi connectivity index (χ0n) is 15.0. The summed E-state index contributed by atoms with van der Waals surface area (Å²) in [6.45, 7) is 0.738. The first-order chi connectivity index (χ1) is 13.6. The second-order valence-electron chi connectivity index (χ2n) is 6.58. The van der Waals surface area contributed by atoms with Gasteiger partial charge in [0.05, 0.1) is 12.1 Å². The molecule has 1 aliphatic rings. The third-order valence-corrected chi connectivity index (χ3v) is 5.44. The summed E-state index contributed by atoms with van der Waals surface area (Å²) in [7, 11) is 0. The zero-order chi connectivity index (χ0) is 19.5. The molecule has 4 rings (SSSR count). The number of hydrogen-bond acceptors (Lipinski definition) is 4. The predicted molar refractivity (Wildman–Crippen MR) is 108 cm³/mol. The van der Waals surface area contributed by atoms with Crippen LogP contribution in [-0.4, -0.2) is 23.3 Å². The van der Waals surface area contributed by atoms with E-state index < -0.39 is 0 Å². The Morgan fingerprint density at radius 1 is 1.21 bits per heavy atom. The molecule has 1 N–H and O–H groups in total. The van der Waals surface area contributed by atoms with Crippen molar-refractivity contribution in [2.45, 2.75) is 19.3 Å². The molecule has 0 spiro atoms. The van der Waals surface area contributed by atoms with Gasteiger partial charge in [-0.2, -0.15) is 0 Å². The number of aromatic nitrogens is 1. The number of nitrogens with zero attached hydrogens (tertiary/aromatic N) is 2. The molecule has 0 radical (unpaired) electrons. The van der Waals surface area contributed by atoms with Crippen LogP contribution in [0, 0.1) is 5.82 Å². The summed E-state index contributed by atoms with van der Waals surface area (Å²) in [5.41, 5.74) is 2.85. The maximum absolute atomic E-state index is 13.4. The van der Waals surface area contributed by atoms with Crippen molar-refractivity contribution < 1.29 is 14.0 Å². The molecule has 1 aliphatic heterocycles. The van der Waals surface area contributed by atoms with Crippen LogP contribution in [0.5, 0.6) is 0 Å². The smallest absolute Gasteiger partial charge is 0.230 e. The van der Waals surface area contributed by atoms with Crippen LogP contribution in [-0.2, 0) is 16.0 Å². The van der Waals surface area contributed by atoms with Gasteiger partial charge in [0.25, 0.3) is 0 Å². The molecular formula is C21H18FN3O2S. The van der Waals surface area contributed by atoms with Crippen LogP contribution in [0.2, 0.25) is 0 Å². The molecule has 1 aromatic heterocycles. The highest BCUT2D eigenvalue weighted by Crippen LogP contribution is 2.25. The minimum atomic E-state index is -0.314. The maximum Gasteiger partial charge on any atom is 0.230 e. The summed E-state index contributed by atoms with van der Waals surface area (Å²) in [4.78, 5) is 30.3. The summed E-state index contributed by atoms with van der Waals surface area (Å²) >= 11 is 1.38. The molecule has 7 heteroatoms. The van der Waals surface area contributed by atoms with Crippen LogP contribution in [0.25, 0.3) is 10.6 Å². The number of hydrogen-bond donors (Lipinski definition) is 1. The van der Waals surface area contributed by atoms with Gasteiger partial charge in [-0.25, -0.2) is 9.37 Å². The molecule has 0 saturated carbocycles. The molecule has 1 fully saturated rings. The molecular weight excluding hydrogens is 377 g/mol. The topological polar surface area (TPSA) is 62.3 Å². The second-order valence-corrected chi connectivity index (χ2v) is 7.43. The van der Waals surface area contributed by atoms with Crippen LogP contribution in [0.3, 0.4) is 0 Å². The first-order valence-corrected chi connectivity index (χ1v) is 9.87. The zero-order valence-corrected chi connectivity index (χ0v) is 15.8. The largest absolute Gasteiger partial charge is 0.326 e. The number of carbonyl (C=O) groups excluding carboxylic acids is 2. The number of thiazole rings is 1. The Labute approximate surface area is 165 Å². The number of rotatable bonds is 5. The molecule has 5 nitrogen and oxygen atoms in total. The predicted octanol–water partition coefficient (Wildman–Crippen LogP) is 4.26. The fourth-order valence-electron chi connectivity index (χ4n) is 3.16. The average Bonchev–Trinajstić information content (AvgIpc) is 3.31. The van der Waals surface area contributed by atoms with E-state index in [1.165, 1.54) is 23.5 Å². The highest BCUT2D eigenvalue weighted by Gasteiger charge is 2.21. The first-order valence-electron chi connectivity index (χ1n) is 8.99. The van der Waals surface area contributed by atoms with Crippen molar-refractivity contribution in [1.29, 1.82) is 0 Å². The Morgan fingerprint density at radius 2 is 2.04 bits per heavy atom. The molecule has 28 heavy (non-hydrogen) atoms. The van der Waals surface area contributed by atoms with Crippen molar-refractivity contribution in [2.75, 3.05) is 16.8 Å². The van der Waals surface area contributed by atoms with E-state index in [1.54, 1.807) is 29.2 Å². The highest BCUT2D eigenvalue weighted by molar-refractivity contribution is 7.13. The lowest BCUT2D eigenvalue weighted by Gasteiger charge is -2.16. The van der Waals surface area contributed by atoms with Crippen molar-refractivity contribution in [3.63, 3.8) is 0 Å². The van der Waals surface area contributed by atoms with E-state index in [4.69, 9.17) is 0 Å². The van der Waals surface area contributed by atoms with Crippen molar-refractivity contribution in [3.05, 3.63) is 65.4 Å². The van der Waals surface area contributed by atoms with Gasteiger partial charge >= 0.3 is 0 Å². The minimum absolute atomic E-state index is 0.134. The summed E-state index contributed by atoms with van der Waals surface area (Å²) in [6, 6.07) is 13.5. The van der Waals surface area contributed by atoms with E-state index in [9.17, 15) is 14.0 Å². The van der Waals surface area contributed by atoms with Crippen molar-refractivity contribution in [3.8, 4) is 10.6 Å². The van der Waals surface area contributed by atoms with Gasteiger partial charge in [0, 0.05) is 35.3 Å². The van der Waals surface area contributed by atoms with Crippen LogP contribution in [0.1, 0.15) is 18.5 Å². The van der Waals surface area contributed by atoms with Crippen LogP contribution < -0.4 is 10.2 Å². The normalized spacial score (nSPS) is 13.8. The number of nitrogens with one attached hydrogen (secondary N) is 1. The first kappa shape index (κ1) is 18.3. The van der Waals surface area contributed by atoms with Gasteiger partial charge in [0.2, 0.25) is 11.8 Å². The van der Waals surface area contributed by atoms with Crippen LogP contribution >= 0.6 is 11.3 Å². The number of carbonyl (C=O) groups is 2. The molecule has 2 aromatic carbocycles. The molecule has 0 unspecified atom stereocenters. The van der Waals surface area contributed by atoms with E-state index in [2.05, 4.69) is 10.3 Å². The van der Waals surface area contributed by atoms with Gasteiger partial charge in [-0.05, 0) is 42.8 Å². The maximum atomic E-state index is 13.4. The molecule has 2 heterocycles. The number of benzene rings is 2. The number of halogens is 1. The van der Waals surface area contributed by atoms with Gasteiger partial charge in [-0.15, -0.1) is 11.3 Å². The average molecular weight is 395 g/mol. The number of amides is 2. The highest BCUT2D eigenvalue weighted by atomic mass is 32.1. The Morgan fingerprint density at radius 3 is 2.75 bits per heavy atom. The molecule has 0 atom stereocenters. The summed E-state index contributed by atoms with van der Waals surface area (Å²) in [5.74, 6) is -0.360. The van der Waals surface area contributed by atoms with E-state index >= 15 is 0 Å². The summed E-state index contributed by atoms with van der Waals surface area (Å²) < 4.78 is 13.4. The lowest BCUT2D eigenvalue weighted by Crippen LogP contribution is -2.23. The molecule has 0 aliphatic carbocycles. The molecule has 1 saturated heterocycles. The number of anilines is 2. The lowest BCUT2D eigenvalue weighted by atomic mass is 10.2. The monoisotopic (exact) mass is 395 g/mol. The van der Waals surface area contributed by atoms with Crippen LogP contribution in [0.4, 0.5) is 15.8 Å². The SMILES string of the molecule is O=C(Cc1csc(-c2cccc(F)c2)n1)Nc1ccc(N2CCCC2=O)cc1. The fourth-order valence-corrected chi connectivity index (χ4v) is 3.97. The van der Waals surface area contributed by atoms with E-state index in [1.807, 2.05) is 17.5 Å². The van der Waals surface area contributed by atoms with E-state index in [0.717, 1.165) is 18.7 Å². The third-order valence-electron chi connectivity index (χ3n) is 4.50. The second kappa shape index (κ2) is 7.90. The molecule has 0 bridgehead atoms. The van der Waals surface area contributed by atoms with Gasteiger partial charge in [-0.1, -0.05) is 12.1 Å². The third kappa shape index (κ3) is 4.09. The molecule has 2 amide bonds. The molecule has 142 valence electrons. The molecule has 3 aromatic rings. The van der Waals surface area contributed by atoms with Crippen molar-refractivity contribution in [1.82, 2.24) is 4.98 Å². The summed E-state index contributed by atoms with van der Waals surface area (Å²) in [5, 5.41) is 5.33. The Balaban J connectivity index is 1.37. The fraction of sp³-hybridized carbons (Fsp3) is 0.190. The van der Waals surface area contributed by atoms with Gasteiger partial charge < -0.3 is 10.2 Å². The van der Waals surface area contributed by atoms with E-state index in [0.29, 0.717) is 28.4 Å². The summed E-state index contributed by atoms with van der Waals surface area (Å²) in [6.07, 6.45) is 1.60. The van der Waals surface area contributed by atoms with Gasteiger partial charge in [0.1, 0.15) is 10.8 Å². The minimum Gasteiger partial charge on any atom is -0.326 e.